The van der Waals surface area contributed by atoms with E-state index in [2.05, 4.69) is 29.0 Å². The molecule has 4 aromatic carbocycles. The van der Waals surface area contributed by atoms with Gasteiger partial charge in [0.05, 0.1) is 26.3 Å². The van der Waals surface area contributed by atoms with Gasteiger partial charge in [0.2, 0.25) is 11.5 Å². The number of fused-ring (bicyclic) bond motifs is 2. The van der Waals surface area contributed by atoms with E-state index in [9.17, 15) is 15.2 Å². The average molecular weight is 654 g/mol. The Bertz CT molecular complexity index is 1890. The SMILES string of the molecule is COc1cc2c3cc1Oc1cc(cc([N+](=O)[O-])c1O)C[C@@H]1c4c(cc(OC)c(OC)c4Oc4ccc(cc4)C[C@H]3N(C)CC2)CCN1C. The van der Waals surface area contributed by atoms with Crippen molar-refractivity contribution in [3.05, 3.63) is 98.1 Å². The Morgan fingerprint density at radius 3 is 2.15 bits per heavy atom. The molecule has 4 heterocycles. The van der Waals surface area contributed by atoms with Crippen LogP contribution in [0, 0.1) is 10.1 Å². The van der Waals surface area contributed by atoms with Gasteiger partial charge in [0, 0.05) is 36.8 Å². The summed E-state index contributed by atoms with van der Waals surface area (Å²) in [5.74, 6) is 2.54. The fraction of sp³-hybridized carbons (Fsp3) is 0.351. The molecule has 4 aromatic rings. The van der Waals surface area contributed by atoms with E-state index in [1.165, 1.54) is 6.07 Å². The number of phenolic OH excluding ortho intramolecular Hbond substituents is 1. The van der Waals surface area contributed by atoms with E-state index in [-0.39, 0.29) is 17.8 Å². The molecule has 0 aromatic heterocycles. The second-order valence-electron chi connectivity index (χ2n) is 12.7. The van der Waals surface area contributed by atoms with Gasteiger partial charge >= 0.3 is 5.69 Å². The minimum atomic E-state index is -0.586. The minimum absolute atomic E-state index is 0.0170. The lowest BCUT2D eigenvalue weighted by Crippen LogP contribution is -2.34. The van der Waals surface area contributed by atoms with Gasteiger partial charge in [-0.15, -0.1) is 0 Å². The normalized spacial score (nSPS) is 18.9. The first-order chi connectivity index (χ1) is 23.2. The lowest BCUT2D eigenvalue weighted by atomic mass is 9.87. The van der Waals surface area contributed by atoms with E-state index >= 15 is 0 Å². The number of nitrogens with zero attached hydrogens (tertiary/aromatic N) is 3. The molecule has 11 heteroatoms. The number of hydrogen-bond donors (Lipinski definition) is 1. The molecule has 0 radical (unpaired) electrons. The van der Waals surface area contributed by atoms with Crippen molar-refractivity contribution >= 4 is 5.69 Å². The molecule has 250 valence electrons. The summed E-state index contributed by atoms with van der Waals surface area (Å²) in [6.07, 6.45) is 2.67. The fourth-order valence-electron chi connectivity index (χ4n) is 7.33. The Labute approximate surface area is 279 Å². The van der Waals surface area contributed by atoms with Crippen LogP contribution in [0.25, 0.3) is 0 Å². The molecule has 0 saturated heterocycles. The number of hydrogen-bond acceptors (Lipinski definition) is 10. The van der Waals surface area contributed by atoms with Crippen LogP contribution >= 0.6 is 0 Å². The molecule has 2 atom stereocenters. The van der Waals surface area contributed by atoms with Crippen molar-refractivity contribution in [1.82, 2.24) is 9.80 Å². The molecule has 4 aliphatic rings. The summed E-state index contributed by atoms with van der Waals surface area (Å²) in [5.41, 5.74) is 5.48. The maximum absolute atomic E-state index is 12.3. The zero-order valence-corrected chi connectivity index (χ0v) is 27.7. The van der Waals surface area contributed by atoms with Crippen molar-refractivity contribution < 1.29 is 33.7 Å². The van der Waals surface area contributed by atoms with Crippen molar-refractivity contribution in [3.63, 3.8) is 0 Å². The predicted octanol–water partition coefficient (Wildman–Crippen LogP) is 6.77. The number of ether oxygens (including phenoxy) is 5. The molecule has 0 unspecified atom stereocenters. The van der Waals surface area contributed by atoms with E-state index in [0.717, 1.165) is 60.2 Å². The summed E-state index contributed by atoms with van der Waals surface area (Å²) in [5, 5.41) is 23.4. The van der Waals surface area contributed by atoms with Crippen LogP contribution in [0.5, 0.6) is 46.0 Å². The molecular formula is C37H39N3O8. The zero-order chi connectivity index (χ0) is 33.7. The number of phenols is 1. The third kappa shape index (κ3) is 5.52. The summed E-state index contributed by atoms with van der Waals surface area (Å²) < 4.78 is 30.5. The molecule has 0 spiro atoms. The Morgan fingerprint density at radius 1 is 0.792 bits per heavy atom. The lowest BCUT2D eigenvalue weighted by Gasteiger charge is -2.37. The Morgan fingerprint density at radius 2 is 1.46 bits per heavy atom. The van der Waals surface area contributed by atoms with Crippen LogP contribution in [0.15, 0.2) is 54.6 Å². The Kier molecular flexibility index (Phi) is 8.26. The van der Waals surface area contributed by atoms with Crippen molar-refractivity contribution in [2.24, 2.45) is 0 Å². The van der Waals surface area contributed by atoms with Crippen LogP contribution in [0.4, 0.5) is 5.69 Å². The summed E-state index contributed by atoms with van der Waals surface area (Å²) >= 11 is 0. The van der Waals surface area contributed by atoms with Gasteiger partial charge < -0.3 is 28.8 Å². The molecule has 48 heavy (non-hydrogen) atoms. The molecule has 11 nitrogen and oxygen atoms in total. The summed E-state index contributed by atoms with van der Waals surface area (Å²) in [7, 11) is 8.89. The maximum atomic E-state index is 12.3. The smallest absolute Gasteiger partial charge is 0.314 e. The van der Waals surface area contributed by atoms with E-state index < -0.39 is 16.4 Å². The highest BCUT2D eigenvalue weighted by Crippen LogP contribution is 2.51. The standard InChI is InChI=1S/C37H39N3O8/c1-38-12-10-23-18-30(44-3)31-20-26(23)27(38)14-21-6-8-25(9-7-21)47-37-34-24(19-33(45-4)36(37)46-5)11-13-39(2)28(34)15-22-16-29(40(42)43)35(41)32(17-22)48-31/h6-9,16-20,27-28,41H,10-15H2,1-5H3/t27-,28-/m1/s1. The van der Waals surface area contributed by atoms with Gasteiger partial charge in [-0.2, -0.15) is 0 Å². The van der Waals surface area contributed by atoms with Gasteiger partial charge in [-0.05, 0) is 104 Å². The van der Waals surface area contributed by atoms with Crippen LogP contribution in [0.2, 0.25) is 0 Å². The zero-order valence-electron chi connectivity index (χ0n) is 27.7. The maximum Gasteiger partial charge on any atom is 0.314 e. The molecule has 0 fully saturated rings. The fourth-order valence-corrected chi connectivity index (χ4v) is 7.33. The van der Waals surface area contributed by atoms with Crippen molar-refractivity contribution in [3.8, 4) is 46.0 Å². The van der Waals surface area contributed by atoms with Crippen LogP contribution in [0.1, 0.15) is 45.5 Å². The van der Waals surface area contributed by atoms with Crippen LogP contribution in [-0.2, 0) is 25.7 Å². The highest BCUT2D eigenvalue weighted by Gasteiger charge is 2.35. The molecule has 4 aliphatic heterocycles. The number of aromatic hydroxyl groups is 1. The van der Waals surface area contributed by atoms with E-state index in [0.29, 0.717) is 46.5 Å². The van der Waals surface area contributed by atoms with Crippen molar-refractivity contribution in [2.75, 3.05) is 48.5 Å². The molecule has 8 rings (SSSR count). The molecule has 1 N–H and O–H groups in total. The lowest BCUT2D eigenvalue weighted by molar-refractivity contribution is -0.386. The van der Waals surface area contributed by atoms with E-state index in [4.69, 9.17) is 23.7 Å². The third-order valence-electron chi connectivity index (χ3n) is 9.93. The topological polar surface area (TPSA) is 116 Å². The van der Waals surface area contributed by atoms with Crippen LogP contribution < -0.4 is 23.7 Å². The van der Waals surface area contributed by atoms with Gasteiger partial charge in [-0.1, -0.05) is 12.1 Å². The highest BCUT2D eigenvalue weighted by atomic mass is 16.6. The quantitative estimate of drug-likeness (QED) is 0.187. The monoisotopic (exact) mass is 653 g/mol. The second kappa shape index (κ2) is 12.6. The summed E-state index contributed by atoms with van der Waals surface area (Å²) in [6, 6.07) is 16.9. The first kappa shape index (κ1) is 31.6. The summed E-state index contributed by atoms with van der Waals surface area (Å²) in [4.78, 5) is 16.2. The number of benzene rings is 4. The molecule has 0 amide bonds. The van der Waals surface area contributed by atoms with Crippen LogP contribution in [-0.4, -0.2) is 68.3 Å². The first-order valence-corrected chi connectivity index (χ1v) is 16.0. The van der Waals surface area contributed by atoms with Gasteiger partial charge in [-0.3, -0.25) is 19.9 Å². The van der Waals surface area contributed by atoms with Crippen molar-refractivity contribution in [1.29, 1.82) is 0 Å². The van der Waals surface area contributed by atoms with Gasteiger partial charge in [0.1, 0.15) is 5.75 Å². The number of nitro benzene ring substituents is 1. The first-order valence-electron chi connectivity index (χ1n) is 16.0. The molecule has 0 saturated carbocycles. The van der Waals surface area contributed by atoms with Gasteiger partial charge in [-0.25, -0.2) is 0 Å². The highest BCUT2D eigenvalue weighted by molar-refractivity contribution is 5.64. The third-order valence-corrected chi connectivity index (χ3v) is 9.93. The summed E-state index contributed by atoms with van der Waals surface area (Å²) in [6.45, 7) is 1.61. The van der Waals surface area contributed by atoms with E-state index in [1.54, 1.807) is 27.4 Å². The number of methoxy groups -OCH3 is 3. The number of rotatable bonds is 4. The largest absolute Gasteiger partial charge is 0.499 e. The minimum Gasteiger partial charge on any atom is -0.499 e. The van der Waals surface area contributed by atoms with E-state index in [1.807, 2.05) is 37.4 Å². The van der Waals surface area contributed by atoms with Gasteiger partial charge in [0.25, 0.3) is 0 Å². The number of likely N-dealkylation sites (N-methyl/N-ethyl adjacent to an activating group) is 2. The molecular weight excluding hydrogens is 614 g/mol. The predicted molar refractivity (Wildman–Crippen MR) is 179 cm³/mol. The average Bonchev–Trinajstić information content (AvgIpc) is 3.08. The van der Waals surface area contributed by atoms with Crippen LogP contribution in [0.3, 0.4) is 0 Å². The van der Waals surface area contributed by atoms with Gasteiger partial charge in [0.15, 0.2) is 28.7 Å². The molecule has 6 bridgehead atoms. The Hall–Kier alpha value is -5.00. The molecule has 0 aliphatic carbocycles. The number of nitro groups is 1. The van der Waals surface area contributed by atoms with Crippen molar-refractivity contribution in [2.45, 2.75) is 37.8 Å². The Balaban J connectivity index is 1.46. The second-order valence-corrected chi connectivity index (χ2v) is 12.7.